The first-order valence-corrected chi connectivity index (χ1v) is 15.7. The van der Waals surface area contributed by atoms with Crippen LogP contribution in [-0.2, 0) is 11.3 Å². The Balaban J connectivity index is 1.32. The van der Waals surface area contributed by atoms with E-state index in [-0.39, 0.29) is 17.9 Å². The molecule has 2 aliphatic heterocycles. The van der Waals surface area contributed by atoms with Crippen molar-refractivity contribution >= 4 is 45.8 Å². The third-order valence-corrected chi connectivity index (χ3v) is 8.74. The monoisotopic (exact) mass is 576 g/mol. The molecule has 0 bridgehead atoms. The second-order valence-electron chi connectivity index (χ2n) is 11.0. The molecule has 214 valence electrons. The molecule has 6 rings (SSSR count). The summed E-state index contributed by atoms with van der Waals surface area (Å²) in [4.78, 5) is 29.4. The van der Waals surface area contributed by atoms with Crippen LogP contribution in [0, 0.1) is 0 Å². The highest BCUT2D eigenvalue weighted by atomic mass is 32.1. The average Bonchev–Trinajstić information content (AvgIpc) is 3.67. The molecule has 1 fully saturated rings. The Kier molecular flexibility index (Phi) is 8.49. The lowest BCUT2D eigenvalue weighted by Crippen LogP contribution is -2.29. The van der Waals surface area contributed by atoms with Crippen LogP contribution in [0.15, 0.2) is 89.6 Å². The first kappa shape index (κ1) is 27.9. The first-order valence-electron chi connectivity index (χ1n) is 14.8. The molecule has 3 aromatic carbocycles. The number of piperidine rings is 1. The van der Waals surface area contributed by atoms with Crippen molar-refractivity contribution in [2.75, 3.05) is 23.7 Å². The molecule has 3 N–H and O–H groups in total. The predicted octanol–water partition coefficient (Wildman–Crippen LogP) is 7.55. The van der Waals surface area contributed by atoms with Gasteiger partial charge in [-0.25, -0.2) is 0 Å². The van der Waals surface area contributed by atoms with E-state index >= 15 is 0 Å². The van der Waals surface area contributed by atoms with Crippen LogP contribution in [0.2, 0.25) is 0 Å². The Morgan fingerprint density at radius 2 is 1.79 bits per heavy atom. The van der Waals surface area contributed by atoms with Crippen LogP contribution >= 0.6 is 11.3 Å². The summed E-state index contributed by atoms with van der Waals surface area (Å²) >= 11 is 1.58. The molecular weight excluding hydrogens is 540 g/mol. The van der Waals surface area contributed by atoms with Crippen LogP contribution < -0.4 is 16.0 Å². The van der Waals surface area contributed by atoms with E-state index in [1.165, 1.54) is 24.8 Å². The van der Waals surface area contributed by atoms with Gasteiger partial charge in [-0.2, -0.15) is 11.3 Å². The maximum absolute atomic E-state index is 13.5. The van der Waals surface area contributed by atoms with Gasteiger partial charge in [0.2, 0.25) is 0 Å². The fraction of sp³-hybridized carbons (Fsp3) is 0.257. The lowest BCUT2D eigenvalue weighted by atomic mass is 9.98. The zero-order valence-electron chi connectivity index (χ0n) is 23.9. The summed E-state index contributed by atoms with van der Waals surface area (Å²) < 4.78 is 0. The SMILES string of the molecule is CC[C@@H](NC(=O)c1ccc2c(c1)/C(=C(/Nc1cccc(CN3CCCCC3)c1)c1ccsc1)C(=O)N2)c1ccccc1. The van der Waals surface area contributed by atoms with Crippen molar-refractivity contribution in [1.82, 2.24) is 10.2 Å². The zero-order chi connectivity index (χ0) is 28.9. The van der Waals surface area contributed by atoms with Crippen molar-refractivity contribution in [3.63, 3.8) is 0 Å². The Morgan fingerprint density at radius 1 is 0.952 bits per heavy atom. The maximum atomic E-state index is 13.5. The van der Waals surface area contributed by atoms with Crippen LogP contribution in [0.25, 0.3) is 11.3 Å². The lowest BCUT2D eigenvalue weighted by Gasteiger charge is -2.26. The van der Waals surface area contributed by atoms with E-state index < -0.39 is 0 Å². The van der Waals surface area contributed by atoms with Gasteiger partial charge in [-0.1, -0.05) is 55.8 Å². The quantitative estimate of drug-likeness (QED) is 0.180. The second kappa shape index (κ2) is 12.8. The van der Waals surface area contributed by atoms with Gasteiger partial charge in [0.05, 0.1) is 17.3 Å². The molecule has 6 nitrogen and oxygen atoms in total. The van der Waals surface area contributed by atoms with E-state index in [0.29, 0.717) is 16.8 Å². The summed E-state index contributed by atoms with van der Waals surface area (Å²) in [6.07, 6.45) is 4.60. The summed E-state index contributed by atoms with van der Waals surface area (Å²) in [5.74, 6) is -0.348. The van der Waals surface area contributed by atoms with Crippen LogP contribution in [0.4, 0.5) is 11.4 Å². The number of nitrogens with one attached hydrogen (secondary N) is 3. The molecule has 2 aliphatic rings. The van der Waals surface area contributed by atoms with Crippen LogP contribution in [0.3, 0.4) is 0 Å². The van der Waals surface area contributed by atoms with Crippen molar-refractivity contribution in [3.8, 4) is 0 Å². The lowest BCUT2D eigenvalue weighted by molar-refractivity contribution is -0.110. The van der Waals surface area contributed by atoms with Crippen molar-refractivity contribution in [1.29, 1.82) is 0 Å². The van der Waals surface area contributed by atoms with Gasteiger partial charge in [-0.3, -0.25) is 14.5 Å². The molecule has 42 heavy (non-hydrogen) atoms. The Morgan fingerprint density at radius 3 is 2.55 bits per heavy atom. The van der Waals surface area contributed by atoms with Crippen LogP contribution in [0.1, 0.15) is 71.3 Å². The summed E-state index contributed by atoms with van der Waals surface area (Å²) in [6.45, 7) is 5.26. The number of hydrogen-bond donors (Lipinski definition) is 3. The first-order chi connectivity index (χ1) is 20.6. The summed E-state index contributed by atoms with van der Waals surface area (Å²) in [7, 11) is 0. The van der Waals surface area contributed by atoms with E-state index in [1.807, 2.05) is 65.4 Å². The molecule has 0 unspecified atom stereocenters. The number of hydrogen-bond acceptors (Lipinski definition) is 5. The van der Waals surface area contributed by atoms with E-state index in [0.717, 1.165) is 54.1 Å². The van der Waals surface area contributed by atoms with E-state index in [4.69, 9.17) is 0 Å². The summed E-state index contributed by atoms with van der Waals surface area (Å²) in [6, 6.07) is 25.8. The standard InChI is InChI=1S/C35H36N4O2S/c1-2-30(25-11-5-3-6-12-25)37-34(40)26-14-15-31-29(21-26)32(35(41)38-31)33(27-16-19-42-23-27)36-28-13-9-10-24(20-28)22-39-17-7-4-8-18-39/h3,5-6,9-16,19-21,23,30,36H,2,4,7-8,17-18,22H2,1H3,(H,37,40)(H,38,41)/b33-32-/t30-/m1/s1. The fourth-order valence-electron chi connectivity index (χ4n) is 5.86. The normalized spacial score (nSPS) is 16.8. The molecule has 0 spiro atoms. The van der Waals surface area contributed by atoms with Gasteiger partial charge in [0.15, 0.2) is 0 Å². The minimum atomic E-state index is -0.184. The summed E-state index contributed by atoms with van der Waals surface area (Å²) in [5.41, 5.74) is 7.39. The highest BCUT2D eigenvalue weighted by Crippen LogP contribution is 2.39. The summed E-state index contributed by atoms with van der Waals surface area (Å²) in [5, 5.41) is 13.8. The number of nitrogens with zero attached hydrogens (tertiary/aromatic N) is 1. The molecule has 3 heterocycles. The molecule has 0 radical (unpaired) electrons. The van der Waals surface area contributed by atoms with Gasteiger partial charge in [0.1, 0.15) is 0 Å². The number of thiophene rings is 1. The smallest absolute Gasteiger partial charge is 0.258 e. The van der Waals surface area contributed by atoms with Crippen molar-refractivity contribution in [3.05, 3.63) is 117 Å². The molecular formula is C35H36N4O2S. The molecule has 2 amide bonds. The van der Waals surface area contributed by atoms with Crippen LogP contribution in [0.5, 0.6) is 0 Å². The number of rotatable bonds is 9. The Hall–Kier alpha value is -4.20. The average molecular weight is 577 g/mol. The number of likely N-dealkylation sites (tertiary alicyclic amines) is 1. The number of anilines is 2. The van der Waals surface area contributed by atoms with Gasteiger partial charge in [-0.15, -0.1) is 0 Å². The van der Waals surface area contributed by atoms with Gasteiger partial charge in [0.25, 0.3) is 11.8 Å². The zero-order valence-corrected chi connectivity index (χ0v) is 24.7. The number of amides is 2. The van der Waals surface area contributed by atoms with Crippen molar-refractivity contribution in [2.45, 2.75) is 45.2 Å². The van der Waals surface area contributed by atoms with Gasteiger partial charge in [0, 0.05) is 40.0 Å². The fourth-order valence-corrected chi connectivity index (χ4v) is 6.50. The second-order valence-corrected chi connectivity index (χ2v) is 11.8. The minimum Gasteiger partial charge on any atom is -0.354 e. The Labute approximate surface area is 251 Å². The molecule has 1 aromatic heterocycles. The molecule has 1 atom stereocenters. The third-order valence-electron chi connectivity index (χ3n) is 8.05. The largest absolute Gasteiger partial charge is 0.354 e. The van der Waals surface area contributed by atoms with Gasteiger partial charge in [-0.05, 0) is 85.3 Å². The van der Waals surface area contributed by atoms with Crippen molar-refractivity contribution < 1.29 is 9.59 Å². The number of fused-ring (bicyclic) bond motifs is 1. The highest BCUT2D eigenvalue weighted by Gasteiger charge is 2.30. The molecule has 4 aromatic rings. The minimum absolute atomic E-state index is 0.0954. The van der Waals surface area contributed by atoms with E-state index in [2.05, 4.69) is 46.0 Å². The van der Waals surface area contributed by atoms with E-state index in [1.54, 1.807) is 17.4 Å². The topological polar surface area (TPSA) is 73.5 Å². The van der Waals surface area contributed by atoms with Crippen LogP contribution in [-0.4, -0.2) is 29.8 Å². The molecule has 0 aliphatic carbocycles. The number of carbonyl (C=O) groups excluding carboxylic acids is 2. The van der Waals surface area contributed by atoms with Crippen molar-refractivity contribution in [2.24, 2.45) is 0 Å². The predicted molar refractivity (Wildman–Crippen MR) is 172 cm³/mol. The van der Waals surface area contributed by atoms with Gasteiger partial charge >= 0.3 is 0 Å². The molecule has 7 heteroatoms. The number of benzene rings is 3. The van der Waals surface area contributed by atoms with Gasteiger partial charge < -0.3 is 16.0 Å². The highest BCUT2D eigenvalue weighted by molar-refractivity contribution is 7.08. The molecule has 0 saturated carbocycles. The van der Waals surface area contributed by atoms with E-state index in [9.17, 15) is 9.59 Å². The molecule has 1 saturated heterocycles. The third kappa shape index (κ3) is 6.17. The number of carbonyl (C=O) groups is 2. The maximum Gasteiger partial charge on any atom is 0.258 e. The Bertz CT molecular complexity index is 1590.